The molecular weight excluding hydrogens is 194 g/mol. The van der Waals surface area contributed by atoms with Crippen LogP contribution < -0.4 is 5.73 Å². The molecule has 1 atom stereocenters. The molecule has 0 aliphatic carbocycles. The fourth-order valence-electron chi connectivity index (χ4n) is 0.784. The van der Waals surface area contributed by atoms with Gasteiger partial charge >= 0.3 is 0 Å². The Kier molecular flexibility index (Phi) is 5.29. The van der Waals surface area contributed by atoms with Crippen molar-refractivity contribution in [2.45, 2.75) is 51.4 Å². The second kappa shape index (κ2) is 5.26. The van der Waals surface area contributed by atoms with Crippen molar-refractivity contribution >= 4 is 8.32 Å². The number of rotatable bonds is 5. The maximum Gasteiger partial charge on any atom is 0.191 e. The quantitative estimate of drug-likeness (QED) is 0.692. The molecule has 0 aromatic heterocycles. The Morgan fingerprint density at radius 3 is 2.21 bits per heavy atom. The number of aliphatic hydroxyl groups is 1. The van der Waals surface area contributed by atoms with Gasteiger partial charge in [0.2, 0.25) is 0 Å². The predicted octanol–water partition coefficient (Wildman–Crippen LogP) is 1.72. The van der Waals surface area contributed by atoms with E-state index in [9.17, 15) is 5.11 Å². The van der Waals surface area contributed by atoms with Crippen LogP contribution in [0.15, 0.2) is 0 Å². The first-order valence-electron chi connectivity index (χ1n) is 5.23. The maximum atomic E-state index is 9.27. The summed E-state index contributed by atoms with van der Waals surface area (Å²) < 4.78 is 5.89. The lowest BCUT2D eigenvalue weighted by molar-refractivity contribution is 0.141. The maximum absolute atomic E-state index is 9.27. The molecule has 0 aliphatic rings. The zero-order valence-corrected chi connectivity index (χ0v) is 11.1. The van der Waals surface area contributed by atoms with Gasteiger partial charge in [0.05, 0.1) is 6.10 Å². The van der Waals surface area contributed by atoms with Crippen LogP contribution in [0.25, 0.3) is 0 Å². The molecule has 0 aliphatic heterocycles. The molecule has 0 saturated carbocycles. The molecule has 86 valence electrons. The highest BCUT2D eigenvalue weighted by atomic mass is 28.4. The molecule has 0 aromatic rings. The highest BCUT2D eigenvalue weighted by Crippen LogP contribution is 2.36. The summed E-state index contributed by atoms with van der Waals surface area (Å²) in [5, 5.41) is 9.50. The molecular formula is C10H25NO2Si. The van der Waals surface area contributed by atoms with E-state index in [-0.39, 0.29) is 5.04 Å². The van der Waals surface area contributed by atoms with Gasteiger partial charge in [-0.1, -0.05) is 20.8 Å². The summed E-state index contributed by atoms with van der Waals surface area (Å²) in [5.41, 5.74) is 5.31. The third kappa shape index (κ3) is 4.55. The molecule has 0 spiro atoms. The molecule has 0 unspecified atom stereocenters. The largest absolute Gasteiger partial charge is 0.417 e. The molecule has 0 saturated heterocycles. The molecule has 3 N–H and O–H groups in total. The summed E-state index contributed by atoms with van der Waals surface area (Å²) in [4.78, 5) is 0. The summed E-state index contributed by atoms with van der Waals surface area (Å²) >= 11 is 0. The standard InChI is InChI=1S/C10H25NO2Si/c1-10(2,3)14(4,5)13-7-6-9(12)8-11/h9,12H,6-8,11H2,1-5H3/t9-/m0/s1. The van der Waals surface area contributed by atoms with Gasteiger partial charge in [-0.2, -0.15) is 0 Å². The van der Waals surface area contributed by atoms with E-state index in [1.54, 1.807) is 0 Å². The van der Waals surface area contributed by atoms with Crippen LogP contribution in [0.1, 0.15) is 27.2 Å². The van der Waals surface area contributed by atoms with E-state index in [4.69, 9.17) is 10.2 Å². The first-order valence-corrected chi connectivity index (χ1v) is 8.13. The van der Waals surface area contributed by atoms with Gasteiger partial charge in [0.15, 0.2) is 8.32 Å². The molecule has 0 bridgehead atoms. The summed E-state index contributed by atoms with van der Waals surface area (Å²) in [5.74, 6) is 0. The van der Waals surface area contributed by atoms with Crippen molar-refractivity contribution in [3.05, 3.63) is 0 Å². The molecule has 4 heteroatoms. The van der Waals surface area contributed by atoms with Gasteiger partial charge in [-0.05, 0) is 24.6 Å². The Morgan fingerprint density at radius 2 is 1.86 bits per heavy atom. The number of hydrogen-bond acceptors (Lipinski definition) is 3. The minimum absolute atomic E-state index is 0.237. The first-order chi connectivity index (χ1) is 6.20. The third-order valence-electron chi connectivity index (χ3n) is 2.99. The van der Waals surface area contributed by atoms with Crippen LogP contribution in [-0.4, -0.2) is 32.7 Å². The SMILES string of the molecule is CC(C)(C)[Si](C)(C)OCC[C@H](O)CN. The van der Waals surface area contributed by atoms with Crippen LogP contribution in [0.5, 0.6) is 0 Å². The van der Waals surface area contributed by atoms with E-state index in [0.717, 1.165) is 0 Å². The van der Waals surface area contributed by atoms with Gasteiger partial charge in [0.1, 0.15) is 0 Å². The number of hydrogen-bond donors (Lipinski definition) is 2. The molecule has 0 amide bonds. The van der Waals surface area contributed by atoms with Crippen molar-refractivity contribution in [3.63, 3.8) is 0 Å². The zero-order valence-electron chi connectivity index (χ0n) is 10.1. The lowest BCUT2D eigenvalue weighted by Gasteiger charge is -2.36. The van der Waals surface area contributed by atoms with E-state index in [1.807, 2.05) is 0 Å². The van der Waals surface area contributed by atoms with Crippen LogP contribution in [0.4, 0.5) is 0 Å². The van der Waals surface area contributed by atoms with Crippen molar-refractivity contribution in [2.75, 3.05) is 13.2 Å². The van der Waals surface area contributed by atoms with Crippen molar-refractivity contribution in [2.24, 2.45) is 5.73 Å². The second-order valence-corrected chi connectivity index (χ2v) is 10.1. The van der Waals surface area contributed by atoms with Gasteiger partial charge in [0, 0.05) is 13.2 Å². The third-order valence-corrected chi connectivity index (χ3v) is 7.53. The van der Waals surface area contributed by atoms with E-state index in [2.05, 4.69) is 33.9 Å². The molecule has 14 heavy (non-hydrogen) atoms. The van der Waals surface area contributed by atoms with Crippen LogP contribution in [0, 0.1) is 0 Å². The molecule has 0 aromatic carbocycles. The molecule has 3 nitrogen and oxygen atoms in total. The normalized spacial score (nSPS) is 15.6. The van der Waals surface area contributed by atoms with Crippen LogP contribution in [0.3, 0.4) is 0 Å². The Morgan fingerprint density at radius 1 is 1.36 bits per heavy atom. The van der Waals surface area contributed by atoms with E-state index in [0.29, 0.717) is 19.6 Å². The lowest BCUT2D eigenvalue weighted by Crippen LogP contribution is -2.41. The van der Waals surface area contributed by atoms with E-state index < -0.39 is 14.4 Å². The van der Waals surface area contributed by atoms with Gasteiger partial charge < -0.3 is 15.3 Å². The first kappa shape index (κ1) is 14.1. The minimum atomic E-state index is -1.64. The summed E-state index contributed by atoms with van der Waals surface area (Å²) in [6, 6.07) is 0. The Hall–Kier alpha value is 0.0969. The van der Waals surface area contributed by atoms with E-state index in [1.165, 1.54) is 0 Å². The number of nitrogens with two attached hydrogens (primary N) is 1. The predicted molar refractivity (Wildman–Crippen MR) is 62.8 cm³/mol. The fourth-order valence-corrected chi connectivity index (χ4v) is 1.85. The summed E-state index contributed by atoms with van der Waals surface area (Å²) in [6.45, 7) is 12.0. The van der Waals surface area contributed by atoms with Gasteiger partial charge in [0.25, 0.3) is 0 Å². The molecule has 0 radical (unpaired) electrons. The van der Waals surface area contributed by atoms with Crippen LogP contribution in [0.2, 0.25) is 18.1 Å². The smallest absolute Gasteiger partial charge is 0.191 e. The van der Waals surface area contributed by atoms with Crippen molar-refractivity contribution in [3.8, 4) is 0 Å². The van der Waals surface area contributed by atoms with Gasteiger partial charge in [-0.25, -0.2) is 0 Å². The monoisotopic (exact) mass is 219 g/mol. The zero-order chi connectivity index (χ0) is 11.4. The second-order valence-electron chi connectivity index (χ2n) is 5.29. The number of aliphatic hydroxyl groups excluding tert-OH is 1. The lowest BCUT2D eigenvalue weighted by atomic mass is 10.2. The van der Waals surface area contributed by atoms with Crippen LogP contribution >= 0.6 is 0 Å². The summed E-state index contributed by atoms with van der Waals surface area (Å²) in [6.07, 6.45) is 0.225. The highest BCUT2D eigenvalue weighted by molar-refractivity contribution is 6.74. The minimum Gasteiger partial charge on any atom is -0.417 e. The topological polar surface area (TPSA) is 55.5 Å². The Bertz CT molecular complexity index is 166. The van der Waals surface area contributed by atoms with Crippen LogP contribution in [-0.2, 0) is 4.43 Å². The van der Waals surface area contributed by atoms with Gasteiger partial charge in [-0.15, -0.1) is 0 Å². The Balaban J connectivity index is 3.89. The van der Waals surface area contributed by atoms with E-state index >= 15 is 0 Å². The average Bonchev–Trinajstić information content (AvgIpc) is 2.01. The molecule has 0 fully saturated rings. The van der Waals surface area contributed by atoms with Crippen molar-refractivity contribution in [1.29, 1.82) is 0 Å². The fraction of sp³-hybridized carbons (Fsp3) is 1.00. The van der Waals surface area contributed by atoms with Gasteiger partial charge in [-0.3, -0.25) is 0 Å². The average molecular weight is 219 g/mol. The Labute approximate surface area is 88.8 Å². The highest BCUT2D eigenvalue weighted by Gasteiger charge is 2.36. The van der Waals surface area contributed by atoms with Crippen molar-refractivity contribution in [1.82, 2.24) is 0 Å². The summed E-state index contributed by atoms with van der Waals surface area (Å²) in [7, 11) is -1.64. The van der Waals surface area contributed by atoms with Crippen molar-refractivity contribution < 1.29 is 9.53 Å². The molecule has 0 rings (SSSR count). The molecule has 0 heterocycles.